The van der Waals surface area contributed by atoms with E-state index < -0.39 is 5.82 Å². The van der Waals surface area contributed by atoms with Gasteiger partial charge < -0.3 is 4.57 Å². The monoisotopic (exact) mass is 287 g/mol. The van der Waals surface area contributed by atoms with Gasteiger partial charge in [0.15, 0.2) is 5.82 Å². The predicted octanol–water partition coefficient (Wildman–Crippen LogP) is 4.06. The van der Waals surface area contributed by atoms with Crippen molar-refractivity contribution in [1.82, 2.24) is 14.8 Å². The molecule has 2 aromatic rings. The van der Waals surface area contributed by atoms with Crippen LogP contribution in [0.2, 0.25) is 5.02 Å². The highest BCUT2D eigenvalue weighted by atomic mass is 35.5. The van der Waals surface area contributed by atoms with E-state index in [2.05, 4.69) is 10.2 Å². The topological polar surface area (TPSA) is 30.7 Å². The number of hydrogen-bond donors (Lipinski definition) is 0. The third-order valence-electron chi connectivity index (χ3n) is 2.59. The molecule has 1 aromatic heterocycles. The van der Waals surface area contributed by atoms with Crippen molar-refractivity contribution in [3.8, 4) is 11.4 Å². The number of alkyl halides is 1. The van der Waals surface area contributed by atoms with Crippen molar-refractivity contribution in [3.05, 3.63) is 34.9 Å². The van der Waals surface area contributed by atoms with E-state index in [1.165, 1.54) is 6.07 Å². The highest BCUT2D eigenvalue weighted by Crippen LogP contribution is 2.30. The Morgan fingerprint density at radius 2 is 2.06 bits per heavy atom. The van der Waals surface area contributed by atoms with Crippen molar-refractivity contribution in [2.45, 2.75) is 25.8 Å². The molecule has 0 aliphatic carbocycles. The summed E-state index contributed by atoms with van der Waals surface area (Å²) in [4.78, 5) is 0. The molecule has 2 rings (SSSR count). The number of nitrogens with zero attached hydrogens (tertiary/aromatic N) is 3. The summed E-state index contributed by atoms with van der Waals surface area (Å²) in [5, 5.41) is 8.11. The fourth-order valence-electron chi connectivity index (χ4n) is 1.82. The maximum absolute atomic E-state index is 13.5. The molecular formula is C12H12Cl2FN3. The van der Waals surface area contributed by atoms with Gasteiger partial charge in [0.05, 0.1) is 10.9 Å². The van der Waals surface area contributed by atoms with E-state index >= 15 is 0 Å². The van der Waals surface area contributed by atoms with Gasteiger partial charge in [0.2, 0.25) is 0 Å². The lowest BCUT2D eigenvalue weighted by molar-refractivity contribution is 0.584. The summed E-state index contributed by atoms with van der Waals surface area (Å²) in [7, 11) is 0. The van der Waals surface area contributed by atoms with Gasteiger partial charge in [-0.1, -0.05) is 17.7 Å². The summed E-state index contributed by atoms with van der Waals surface area (Å²) < 4.78 is 15.3. The second-order valence-electron chi connectivity index (χ2n) is 4.14. The van der Waals surface area contributed by atoms with Crippen LogP contribution in [0.5, 0.6) is 0 Å². The minimum atomic E-state index is -0.472. The van der Waals surface area contributed by atoms with Gasteiger partial charge in [0.1, 0.15) is 11.6 Å². The smallest absolute Gasteiger partial charge is 0.165 e. The van der Waals surface area contributed by atoms with E-state index in [4.69, 9.17) is 23.2 Å². The highest BCUT2D eigenvalue weighted by Gasteiger charge is 2.18. The van der Waals surface area contributed by atoms with Crippen LogP contribution in [0.4, 0.5) is 4.39 Å². The molecule has 0 bridgehead atoms. The second kappa shape index (κ2) is 5.24. The Kier molecular flexibility index (Phi) is 3.88. The summed E-state index contributed by atoms with van der Waals surface area (Å²) in [6.45, 7) is 3.96. The molecule has 0 fully saturated rings. The molecule has 0 amide bonds. The third kappa shape index (κ3) is 2.22. The van der Waals surface area contributed by atoms with Crippen molar-refractivity contribution in [1.29, 1.82) is 0 Å². The van der Waals surface area contributed by atoms with Gasteiger partial charge in [-0.2, -0.15) is 0 Å². The molecule has 0 saturated carbocycles. The zero-order valence-electron chi connectivity index (χ0n) is 9.99. The van der Waals surface area contributed by atoms with Gasteiger partial charge >= 0.3 is 0 Å². The summed E-state index contributed by atoms with van der Waals surface area (Å²) in [6.07, 6.45) is 0. The van der Waals surface area contributed by atoms with Gasteiger partial charge in [0.25, 0.3) is 0 Å². The molecule has 0 radical (unpaired) electrons. The zero-order valence-corrected chi connectivity index (χ0v) is 11.5. The molecule has 1 heterocycles. The van der Waals surface area contributed by atoms with Crippen LogP contribution in [-0.4, -0.2) is 14.8 Å². The molecule has 0 aliphatic rings. The van der Waals surface area contributed by atoms with E-state index in [-0.39, 0.29) is 16.9 Å². The zero-order chi connectivity index (χ0) is 13.3. The van der Waals surface area contributed by atoms with Crippen molar-refractivity contribution in [2.24, 2.45) is 0 Å². The van der Waals surface area contributed by atoms with Gasteiger partial charge in [0, 0.05) is 11.6 Å². The van der Waals surface area contributed by atoms with Gasteiger partial charge in [-0.25, -0.2) is 4.39 Å². The van der Waals surface area contributed by atoms with Crippen LogP contribution in [0.25, 0.3) is 11.4 Å². The molecule has 0 saturated heterocycles. The number of aromatic nitrogens is 3. The van der Waals surface area contributed by atoms with Gasteiger partial charge in [-0.15, -0.1) is 21.8 Å². The minimum absolute atomic E-state index is 0.0490. The van der Waals surface area contributed by atoms with E-state index in [9.17, 15) is 4.39 Å². The van der Waals surface area contributed by atoms with E-state index in [0.717, 1.165) is 0 Å². The van der Waals surface area contributed by atoms with Crippen LogP contribution >= 0.6 is 23.2 Å². The summed E-state index contributed by atoms with van der Waals surface area (Å²) >= 11 is 11.8. The average Bonchev–Trinajstić information content (AvgIpc) is 2.76. The minimum Gasteiger partial charge on any atom is -0.307 e. The summed E-state index contributed by atoms with van der Waals surface area (Å²) in [6, 6.07) is 4.73. The van der Waals surface area contributed by atoms with Gasteiger partial charge in [-0.3, -0.25) is 0 Å². The maximum Gasteiger partial charge on any atom is 0.165 e. The molecule has 0 unspecified atom stereocenters. The Labute approximate surface area is 115 Å². The van der Waals surface area contributed by atoms with Crippen LogP contribution < -0.4 is 0 Å². The number of hydrogen-bond acceptors (Lipinski definition) is 2. The molecule has 6 heteroatoms. The van der Waals surface area contributed by atoms with E-state index in [1.807, 2.05) is 18.4 Å². The summed E-state index contributed by atoms with van der Waals surface area (Å²) in [5.74, 6) is 0.949. The Morgan fingerprint density at radius 1 is 1.33 bits per heavy atom. The van der Waals surface area contributed by atoms with Crippen molar-refractivity contribution in [2.75, 3.05) is 0 Å². The first kappa shape index (κ1) is 13.3. The fraction of sp³-hybridized carbons (Fsp3) is 0.333. The van der Waals surface area contributed by atoms with Crippen molar-refractivity contribution < 1.29 is 4.39 Å². The maximum atomic E-state index is 13.5. The number of benzene rings is 1. The third-order valence-corrected chi connectivity index (χ3v) is 3.22. The SMILES string of the molecule is CC(C)n1c(CCl)nnc1-c1cccc(F)c1Cl. The van der Waals surface area contributed by atoms with Crippen LogP contribution in [0.15, 0.2) is 18.2 Å². The first-order chi connectivity index (χ1) is 8.56. The normalized spacial score (nSPS) is 11.2. The molecular weight excluding hydrogens is 276 g/mol. The number of rotatable bonds is 3. The fourth-order valence-corrected chi connectivity index (χ4v) is 2.21. The number of halogens is 3. The first-order valence-electron chi connectivity index (χ1n) is 5.50. The first-order valence-corrected chi connectivity index (χ1v) is 6.41. The Balaban J connectivity index is 2.64. The Bertz CT molecular complexity index is 566. The quantitative estimate of drug-likeness (QED) is 0.797. The molecule has 0 atom stereocenters. The van der Waals surface area contributed by atoms with Crippen LogP contribution in [0, 0.1) is 5.82 Å². The second-order valence-corrected chi connectivity index (χ2v) is 4.78. The molecule has 0 spiro atoms. The summed E-state index contributed by atoms with van der Waals surface area (Å²) in [5.41, 5.74) is 0.522. The largest absolute Gasteiger partial charge is 0.307 e. The van der Waals surface area contributed by atoms with Gasteiger partial charge in [-0.05, 0) is 26.0 Å². The molecule has 1 aromatic carbocycles. The van der Waals surface area contributed by atoms with Crippen LogP contribution in [0.3, 0.4) is 0 Å². The molecule has 18 heavy (non-hydrogen) atoms. The lowest BCUT2D eigenvalue weighted by Crippen LogP contribution is -2.07. The van der Waals surface area contributed by atoms with Crippen molar-refractivity contribution >= 4 is 23.2 Å². The van der Waals surface area contributed by atoms with E-state index in [1.54, 1.807) is 12.1 Å². The predicted molar refractivity (Wildman–Crippen MR) is 70.4 cm³/mol. The standard InChI is InChI=1S/C12H12Cl2FN3/c1-7(2)18-10(6-13)16-17-12(18)8-4-3-5-9(15)11(8)14/h3-5,7H,6H2,1-2H3. The van der Waals surface area contributed by atoms with Crippen LogP contribution in [-0.2, 0) is 5.88 Å². The molecule has 0 N–H and O–H groups in total. The Hall–Kier alpha value is -1.13. The molecule has 0 aliphatic heterocycles. The Morgan fingerprint density at radius 3 is 2.67 bits per heavy atom. The molecule has 96 valence electrons. The average molecular weight is 288 g/mol. The lowest BCUT2D eigenvalue weighted by Gasteiger charge is -2.13. The lowest BCUT2D eigenvalue weighted by atomic mass is 10.2. The molecule has 3 nitrogen and oxygen atoms in total. The highest BCUT2D eigenvalue weighted by molar-refractivity contribution is 6.33. The van der Waals surface area contributed by atoms with E-state index in [0.29, 0.717) is 17.2 Å². The van der Waals surface area contributed by atoms with Crippen molar-refractivity contribution in [3.63, 3.8) is 0 Å². The van der Waals surface area contributed by atoms with Crippen LogP contribution in [0.1, 0.15) is 25.7 Å².